The lowest BCUT2D eigenvalue weighted by Gasteiger charge is -2.23. The van der Waals surface area contributed by atoms with E-state index in [9.17, 15) is 0 Å². The van der Waals surface area contributed by atoms with E-state index in [-0.39, 0.29) is 6.04 Å². The molecule has 0 amide bonds. The number of hydrazine groups is 1. The van der Waals surface area contributed by atoms with Gasteiger partial charge >= 0.3 is 0 Å². The Bertz CT molecular complexity index is 334. The maximum atomic E-state index is 6.14. The van der Waals surface area contributed by atoms with Crippen LogP contribution < -0.4 is 11.3 Å². The van der Waals surface area contributed by atoms with Gasteiger partial charge in [0.05, 0.1) is 6.04 Å². The van der Waals surface area contributed by atoms with Gasteiger partial charge in [-0.1, -0.05) is 36.7 Å². The Kier molecular flexibility index (Phi) is 2.52. The third kappa shape index (κ3) is 1.65. The van der Waals surface area contributed by atoms with Gasteiger partial charge in [0.15, 0.2) is 0 Å². The molecule has 2 nitrogen and oxygen atoms in total. The fraction of sp³-hybridized carbons (Fsp3) is 0.455. The van der Waals surface area contributed by atoms with Crippen LogP contribution in [0.25, 0.3) is 0 Å². The predicted octanol–water partition coefficient (Wildman–Crippen LogP) is 2.64. The largest absolute Gasteiger partial charge is 0.271 e. The van der Waals surface area contributed by atoms with Crippen LogP contribution in [-0.4, -0.2) is 0 Å². The van der Waals surface area contributed by atoms with Crippen molar-refractivity contribution in [2.75, 3.05) is 0 Å². The second-order valence-electron chi connectivity index (χ2n) is 4.28. The second kappa shape index (κ2) is 3.54. The van der Waals surface area contributed by atoms with Gasteiger partial charge in [0, 0.05) is 5.02 Å². The zero-order valence-corrected chi connectivity index (χ0v) is 9.01. The summed E-state index contributed by atoms with van der Waals surface area (Å²) in [5.41, 5.74) is 4.28. The SMILES string of the molecule is CC1(C(NN)c2ccccc2Cl)CC1. The van der Waals surface area contributed by atoms with Crippen molar-refractivity contribution in [2.24, 2.45) is 11.3 Å². The van der Waals surface area contributed by atoms with Crippen LogP contribution in [0.4, 0.5) is 0 Å². The van der Waals surface area contributed by atoms with Crippen LogP contribution in [0.2, 0.25) is 5.02 Å². The summed E-state index contributed by atoms with van der Waals surface area (Å²) in [5.74, 6) is 5.59. The molecule has 0 saturated heterocycles. The summed E-state index contributed by atoms with van der Waals surface area (Å²) in [6, 6.07) is 8.06. The van der Waals surface area contributed by atoms with Gasteiger partial charge < -0.3 is 0 Å². The zero-order chi connectivity index (χ0) is 10.2. The van der Waals surface area contributed by atoms with Crippen molar-refractivity contribution in [1.29, 1.82) is 0 Å². The first-order chi connectivity index (χ1) is 6.67. The quantitative estimate of drug-likeness (QED) is 0.595. The molecule has 1 unspecified atom stereocenters. The van der Waals surface area contributed by atoms with E-state index in [1.54, 1.807) is 0 Å². The molecule has 1 aliphatic carbocycles. The van der Waals surface area contributed by atoms with Crippen LogP contribution >= 0.6 is 11.6 Å². The van der Waals surface area contributed by atoms with E-state index in [1.807, 2.05) is 24.3 Å². The van der Waals surface area contributed by atoms with E-state index in [1.165, 1.54) is 12.8 Å². The van der Waals surface area contributed by atoms with Crippen molar-refractivity contribution in [1.82, 2.24) is 5.43 Å². The summed E-state index contributed by atoms with van der Waals surface area (Å²) in [4.78, 5) is 0. The lowest BCUT2D eigenvalue weighted by atomic mass is 9.92. The van der Waals surface area contributed by atoms with Crippen molar-refractivity contribution < 1.29 is 0 Å². The van der Waals surface area contributed by atoms with Crippen molar-refractivity contribution in [3.05, 3.63) is 34.9 Å². The van der Waals surface area contributed by atoms with Crippen LogP contribution in [-0.2, 0) is 0 Å². The number of benzene rings is 1. The van der Waals surface area contributed by atoms with Crippen molar-refractivity contribution in [2.45, 2.75) is 25.8 Å². The Morgan fingerprint density at radius 2 is 2.07 bits per heavy atom. The number of hydrogen-bond donors (Lipinski definition) is 2. The molecule has 76 valence electrons. The molecule has 0 aliphatic heterocycles. The van der Waals surface area contributed by atoms with Crippen LogP contribution in [0.5, 0.6) is 0 Å². The first-order valence-corrected chi connectivity index (χ1v) is 5.26. The molecule has 14 heavy (non-hydrogen) atoms. The predicted molar refractivity (Wildman–Crippen MR) is 58.9 cm³/mol. The minimum atomic E-state index is 0.177. The van der Waals surface area contributed by atoms with Gasteiger partial charge in [-0.05, 0) is 29.9 Å². The van der Waals surface area contributed by atoms with E-state index in [0.717, 1.165) is 10.6 Å². The first-order valence-electron chi connectivity index (χ1n) is 4.88. The fourth-order valence-corrected chi connectivity index (χ4v) is 2.11. The number of halogens is 1. The van der Waals surface area contributed by atoms with E-state index in [0.29, 0.717) is 5.41 Å². The monoisotopic (exact) mass is 210 g/mol. The highest BCUT2D eigenvalue weighted by Crippen LogP contribution is 2.54. The zero-order valence-electron chi connectivity index (χ0n) is 8.26. The van der Waals surface area contributed by atoms with Crippen molar-refractivity contribution in [3.63, 3.8) is 0 Å². The summed E-state index contributed by atoms with van der Waals surface area (Å²) in [7, 11) is 0. The van der Waals surface area contributed by atoms with E-state index < -0.39 is 0 Å². The molecule has 0 spiro atoms. The van der Waals surface area contributed by atoms with E-state index >= 15 is 0 Å². The highest BCUT2D eigenvalue weighted by Gasteiger charge is 2.45. The van der Waals surface area contributed by atoms with Gasteiger partial charge in [0.1, 0.15) is 0 Å². The smallest absolute Gasteiger partial charge is 0.0528 e. The Morgan fingerprint density at radius 3 is 2.57 bits per heavy atom. The van der Waals surface area contributed by atoms with E-state index in [4.69, 9.17) is 17.4 Å². The van der Waals surface area contributed by atoms with Gasteiger partial charge in [-0.25, -0.2) is 0 Å². The van der Waals surface area contributed by atoms with Crippen molar-refractivity contribution >= 4 is 11.6 Å². The average Bonchev–Trinajstić information content (AvgIpc) is 2.89. The highest BCUT2D eigenvalue weighted by atomic mass is 35.5. The molecule has 0 heterocycles. The molecule has 1 aromatic rings. The number of nitrogens with one attached hydrogen (secondary N) is 1. The minimum absolute atomic E-state index is 0.177. The summed E-state index contributed by atoms with van der Waals surface area (Å²) in [6.07, 6.45) is 2.43. The fourth-order valence-electron chi connectivity index (χ4n) is 1.86. The molecule has 1 aromatic carbocycles. The summed E-state index contributed by atoms with van der Waals surface area (Å²) in [6.45, 7) is 2.24. The molecule has 1 saturated carbocycles. The highest BCUT2D eigenvalue weighted by molar-refractivity contribution is 6.31. The van der Waals surface area contributed by atoms with Gasteiger partial charge in [0.25, 0.3) is 0 Å². The van der Waals surface area contributed by atoms with E-state index in [2.05, 4.69) is 12.3 Å². The second-order valence-corrected chi connectivity index (χ2v) is 4.68. The minimum Gasteiger partial charge on any atom is -0.271 e. The number of rotatable bonds is 3. The number of nitrogens with two attached hydrogens (primary N) is 1. The number of hydrogen-bond acceptors (Lipinski definition) is 2. The van der Waals surface area contributed by atoms with Gasteiger partial charge in [-0.2, -0.15) is 0 Å². The van der Waals surface area contributed by atoms with Gasteiger partial charge in [0.2, 0.25) is 0 Å². The topological polar surface area (TPSA) is 38.0 Å². The molecule has 2 rings (SSSR count). The van der Waals surface area contributed by atoms with Crippen LogP contribution in [0.3, 0.4) is 0 Å². The molecule has 0 bridgehead atoms. The van der Waals surface area contributed by atoms with Gasteiger partial charge in [-0.3, -0.25) is 11.3 Å². The van der Waals surface area contributed by atoms with Gasteiger partial charge in [-0.15, -0.1) is 0 Å². The molecule has 0 radical (unpaired) electrons. The molecular formula is C11H15ClN2. The molecular weight excluding hydrogens is 196 g/mol. The molecule has 1 aliphatic rings. The first kappa shape index (κ1) is 9.97. The normalized spacial score (nSPS) is 20.5. The Hall–Kier alpha value is -0.570. The third-order valence-corrected chi connectivity index (χ3v) is 3.46. The summed E-state index contributed by atoms with van der Waals surface area (Å²) < 4.78 is 0. The maximum Gasteiger partial charge on any atom is 0.0528 e. The van der Waals surface area contributed by atoms with Crippen LogP contribution in [0.15, 0.2) is 24.3 Å². The van der Waals surface area contributed by atoms with Crippen LogP contribution in [0, 0.1) is 5.41 Å². The molecule has 3 N–H and O–H groups in total. The third-order valence-electron chi connectivity index (χ3n) is 3.12. The average molecular weight is 211 g/mol. The molecule has 3 heteroatoms. The Labute approximate surface area is 89.4 Å². The van der Waals surface area contributed by atoms with Crippen LogP contribution in [0.1, 0.15) is 31.4 Å². The standard InChI is InChI=1S/C11H15ClN2/c1-11(6-7-11)10(14-13)8-4-2-3-5-9(8)12/h2-5,10,14H,6-7,13H2,1H3. The Morgan fingerprint density at radius 1 is 1.43 bits per heavy atom. The summed E-state index contributed by atoms with van der Waals surface area (Å²) >= 11 is 6.14. The summed E-state index contributed by atoms with van der Waals surface area (Å²) in [5, 5.41) is 0.795. The molecule has 1 atom stereocenters. The lowest BCUT2D eigenvalue weighted by Crippen LogP contribution is -2.33. The molecule has 1 fully saturated rings. The van der Waals surface area contributed by atoms with Crippen molar-refractivity contribution in [3.8, 4) is 0 Å². The lowest BCUT2D eigenvalue weighted by molar-refractivity contribution is 0.372. The molecule has 0 aromatic heterocycles. The maximum absolute atomic E-state index is 6.14. The Balaban J connectivity index is 2.32.